The van der Waals surface area contributed by atoms with E-state index in [0.717, 1.165) is 33.7 Å². The Bertz CT molecular complexity index is 775. The van der Waals surface area contributed by atoms with Gasteiger partial charge in [-0.2, -0.15) is 0 Å². The van der Waals surface area contributed by atoms with Crippen LogP contribution in [0.15, 0.2) is 49.0 Å². The van der Waals surface area contributed by atoms with Crippen molar-refractivity contribution in [2.75, 3.05) is 13.7 Å². The van der Waals surface area contributed by atoms with E-state index < -0.39 is 0 Å². The lowest BCUT2D eigenvalue weighted by molar-refractivity contribution is -0.0895. The van der Waals surface area contributed by atoms with Gasteiger partial charge in [0, 0.05) is 18.6 Å². The van der Waals surface area contributed by atoms with Crippen LogP contribution in [0.2, 0.25) is 5.02 Å². The van der Waals surface area contributed by atoms with Gasteiger partial charge in [-0.1, -0.05) is 54.6 Å². The molecule has 1 N–H and O–H groups in total. The molecule has 4 heteroatoms. The summed E-state index contributed by atoms with van der Waals surface area (Å²) in [6.45, 7) is 6.57. The van der Waals surface area contributed by atoms with Crippen molar-refractivity contribution >= 4 is 17.2 Å². The lowest BCUT2D eigenvalue weighted by atomic mass is 9.94. The minimum Gasteiger partial charge on any atom is -0.393 e. The van der Waals surface area contributed by atoms with Crippen molar-refractivity contribution in [1.29, 1.82) is 0 Å². The van der Waals surface area contributed by atoms with Crippen molar-refractivity contribution in [3.63, 3.8) is 0 Å². The van der Waals surface area contributed by atoms with E-state index in [1.807, 2.05) is 19.1 Å². The highest BCUT2D eigenvalue weighted by atomic mass is 35.5. The molecule has 2 aromatic rings. The SMILES string of the molecule is C=C(COC)c1ccc(Cc2cc(C3CC(O)CC(C)O3)ccc2Cl)cc1. The second-order valence-electron chi connectivity index (χ2n) is 7.32. The Morgan fingerprint density at radius 2 is 1.96 bits per heavy atom. The van der Waals surface area contributed by atoms with Gasteiger partial charge in [0.1, 0.15) is 0 Å². The van der Waals surface area contributed by atoms with Gasteiger partial charge in [0.2, 0.25) is 0 Å². The summed E-state index contributed by atoms with van der Waals surface area (Å²) in [5.74, 6) is 0. The molecule has 1 aliphatic rings. The lowest BCUT2D eigenvalue weighted by Gasteiger charge is -2.31. The van der Waals surface area contributed by atoms with Gasteiger partial charge < -0.3 is 14.6 Å². The van der Waals surface area contributed by atoms with Crippen LogP contribution in [0.4, 0.5) is 0 Å². The molecular weight excluding hydrogens is 360 g/mol. The monoisotopic (exact) mass is 386 g/mol. The summed E-state index contributed by atoms with van der Waals surface area (Å²) in [4.78, 5) is 0. The van der Waals surface area contributed by atoms with Gasteiger partial charge in [-0.05, 0) is 53.7 Å². The molecule has 0 radical (unpaired) electrons. The van der Waals surface area contributed by atoms with E-state index in [1.165, 1.54) is 5.56 Å². The van der Waals surface area contributed by atoms with Gasteiger partial charge in [-0.15, -0.1) is 0 Å². The maximum absolute atomic E-state index is 10.1. The molecule has 3 nitrogen and oxygen atoms in total. The summed E-state index contributed by atoms with van der Waals surface area (Å²) in [5, 5.41) is 10.8. The summed E-state index contributed by atoms with van der Waals surface area (Å²) in [6, 6.07) is 14.4. The number of benzene rings is 2. The van der Waals surface area contributed by atoms with Crippen LogP contribution in [0.5, 0.6) is 0 Å². The van der Waals surface area contributed by atoms with E-state index in [4.69, 9.17) is 21.1 Å². The molecule has 1 saturated heterocycles. The standard InChI is InChI=1S/C23H27ClO3/c1-15(14-26-3)18-6-4-17(5-7-18)11-20-12-19(8-9-22(20)24)23-13-21(25)10-16(2)27-23/h4-9,12,16,21,23,25H,1,10-11,13-14H2,2-3H3. The fourth-order valence-electron chi connectivity index (χ4n) is 3.60. The first-order chi connectivity index (χ1) is 13.0. The topological polar surface area (TPSA) is 38.7 Å². The third-order valence-electron chi connectivity index (χ3n) is 5.00. The number of rotatable bonds is 6. The molecule has 0 spiro atoms. The summed E-state index contributed by atoms with van der Waals surface area (Å²) in [5.41, 5.74) is 5.37. The molecule has 3 unspecified atom stereocenters. The Kier molecular flexibility index (Phi) is 6.72. The van der Waals surface area contributed by atoms with Crippen molar-refractivity contribution in [3.8, 4) is 0 Å². The first-order valence-electron chi connectivity index (χ1n) is 9.34. The Hall–Kier alpha value is -1.65. The third kappa shape index (κ3) is 5.20. The van der Waals surface area contributed by atoms with Crippen LogP contribution < -0.4 is 0 Å². The van der Waals surface area contributed by atoms with Crippen LogP contribution in [-0.4, -0.2) is 31.0 Å². The molecule has 0 amide bonds. The first kappa shape index (κ1) is 20.1. The molecule has 0 bridgehead atoms. The van der Waals surface area contributed by atoms with E-state index in [9.17, 15) is 5.11 Å². The van der Waals surface area contributed by atoms with Crippen molar-refractivity contribution in [2.45, 2.75) is 44.5 Å². The summed E-state index contributed by atoms with van der Waals surface area (Å²) < 4.78 is 11.2. The molecule has 0 aliphatic carbocycles. The highest BCUT2D eigenvalue weighted by Gasteiger charge is 2.27. The normalized spacial score (nSPS) is 22.6. The fraction of sp³-hybridized carbons (Fsp3) is 0.391. The average Bonchev–Trinajstić information content (AvgIpc) is 2.63. The van der Waals surface area contributed by atoms with Gasteiger partial charge in [0.25, 0.3) is 0 Å². The molecule has 3 rings (SSSR count). The number of methoxy groups -OCH3 is 1. The Morgan fingerprint density at radius 3 is 2.63 bits per heavy atom. The molecule has 1 fully saturated rings. The predicted molar refractivity (Wildman–Crippen MR) is 110 cm³/mol. The minimum absolute atomic E-state index is 0.0608. The van der Waals surface area contributed by atoms with Crippen LogP contribution in [0.3, 0.4) is 0 Å². The molecule has 0 saturated carbocycles. The number of hydrogen-bond donors (Lipinski definition) is 1. The highest BCUT2D eigenvalue weighted by molar-refractivity contribution is 6.31. The van der Waals surface area contributed by atoms with Crippen molar-refractivity contribution in [3.05, 3.63) is 76.3 Å². The zero-order valence-electron chi connectivity index (χ0n) is 16.0. The summed E-state index contributed by atoms with van der Waals surface area (Å²) in [6.07, 6.45) is 1.73. The smallest absolute Gasteiger partial charge is 0.0853 e. The van der Waals surface area contributed by atoms with Crippen LogP contribution in [0.25, 0.3) is 5.57 Å². The van der Waals surface area contributed by atoms with Crippen molar-refractivity contribution in [2.24, 2.45) is 0 Å². The second kappa shape index (κ2) is 9.03. The van der Waals surface area contributed by atoms with E-state index in [0.29, 0.717) is 19.4 Å². The quantitative estimate of drug-likeness (QED) is 0.742. The Morgan fingerprint density at radius 1 is 1.22 bits per heavy atom. The van der Waals surface area contributed by atoms with Gasteiger partial charge in [-0.3, -0.25) is 0 Å². The third-order valence-corrected chi connectivity index (χ3v) is 5.37. The summed E-state index contributed by atoms with van der Waals surface area (Å²) in [7, 11) is 1.67. The molecule has 27 heavy (non-hydrogen) atoms. The average molecular weight is 387 g/mol. The van der Waals surface area contributed by atoms with Crippen molar-refractivity contribution in [1.82, 2.24) is 0 Å². The van der Waals surface area contributed by atoms with Gasteiger partial charge >= 0.3 is 0 Å². The van der Waals surface area contributed by atoms with Gasteiger partial charge in [0.15, 0.2) is 0 Å². The van der Waals surface area contributed by atoms with Crippen LogP contribution >= 0.6 is 11.6 Å². The van der Waals surface area contributed by atoms with E-state index in [2.05, 4.69) is 36.9 Å². The highest BCUT2D eigenvalue weighted by Crippen LogP contribution is 2.33. The Labute approximate surface area is 166 Å². The van der Waals surface area contributed by atoms with Gasteiger partial charge in [-0.25, -0.2) is 0 Å². The molecular formula is C23H27ClO3. The maximum Gasteiger partial charge on any atom is 0.0853 e. The molecule has 1 heterocycles. The zero-order chi connectivity index (χ0) is 19.4. The van der Waals surface area contributed by atoms with E-state index in [-0.39, 0.29) is 18.3 Å². The van der Waals surface area contributed by atoms with Crippen LogP contribution in [0, 0.1) is 0 Å². The molecule has 1 aliphatic heterocycles. The van der Waals surface area contributed by atoms with Crippen LogP contribution in [0.1, 0.15) is 48.1 Å². The number of aliphatic hydroxyl groups is 1. The largest absolute Gasteiger partial charge is 0.393 e. The number of ether oxygens (including phenoxy) is 2. The van der Waals surface area contributed by atoms with Crippen LogP contribution in [-0.2, 0) is 15.9 Å². The predicted octanol–water partition coefficient (Wildman–Crippen LogP) is 5.19. The van der Waals surface area contributed by atoms with Crippen molar-refractivity contribution < 1.29 is 14.6 Å². The summed E-state index contributed by atoms with van der Waals surface area (Å²) >= 11 is 6.44. The van der Waals surface area contributed by atoms with E-state index in [1.54, 1.807) is 7.11 Å². The maximum atomic E-state index is 10.1. The first-order valence-corrected chi connectivity index (χ1v) is 9.72. The molecule has 2 aromatic carbocycles. The second-order valence-corrected chi connectivity index (χ2v) is 7.73. The number of aliphatic hydroxyl groups excluding tert-OH is 1. The fourth-order valence-corrected chi connectivity index (χ4v) is 3.78. The Balaban J connectivity index is 1.76. The molecule has 144 valence electrons. The number of hydrogen-bond acceptors (Lipinski definition) is 3. The minimum atomic E-state index is -0.314. The molecule has 3 atom stereocenters. The number of halogens is 1. The molecule has 0 aromatic heterocycles. The van der Waals surface area contributed by atoms with E-state index >= 15 is 0 Å². The van der Waals surface area contributed by atoms with Gasteiger partial charge in [0.05, 0.1) is 24.9 Å². The lowest BCUT2D eigenvalue weighted by Crippen LogP contribution is -2.29. The zero-order valence-corrected chi connectivity index (χ0v) is 16.7.